The highest BCUT2D eigenvalue weighted by atomic mass is 19.1. The van der Waals surface area contributed by atoms with Crippen molar-refractivity contribution in [1.29, 1.82) is 5.26 Å². The van der Waals surface area contributed by atoms with E-state index >= 15 is 0 Å². The van der Waals surface area contributed by atoms with E-state index in [1.165, 1.54) is 12.1 Å². The number of halogens is 1. The van der Waals surface area contributed by atoms with E-state index in [2.05, 4.69) is 47.8 Å². The Bertz CT molecular complexity index is 1780. The standard InChI is InChI=1S/C33H32FN7/c1-33(2,3)20-37-30-23(17-35)18-36-32-27(21-7-5-4-6-8-21)15-25(16-28(30)32)38-31(22-9-11-24(34)12-10-22)29-19-41(40-39-29)26-13-14-26/h4-12,15-16,18-19,26,31,38H,13-14,20H2,1-3H3,(H,36,37)/t31-/m0/s1/i31D. The van der Waals surface area contributed by atoms with Gasteiger partial charge in [0.05, 0.1) is 36.4 Å². The van der Waals surface area contributed by atoms with Gasteiger partial charge >= 0.3 is 0 Å². The first kappa shape index (κ1) is 25.2. The van der Waals surface area contributed by atoms with Crippen LogP contribution >= 0.6 is 0 Å². The molecule has 1 aliphatic carbocycles. The minimum Gasteiger partial charge on any atom is -0.383 e. The SMILES string of the molecule is [2H][C@](Nc1cc(-c2ccccc2)c2ncc(C#N)c(NCC(C)(C)C)c2c1)(c1ccc(F)cc1)c1cn(C2CC2)nn1. The minimum atomic E-state index is -1.58. The zero-order valence-corrected chi connectivity index (χ0v) is 23.3. The topological polar surface area (TPSA) is 91.5 Å². The number of fused-ring (bicyclic) bond motifs is 1. The van der Waals surface area contributed by atoms with Gasteiger partial charge in [-0.2, -0.15) is 5.26 Å². The zero-order chi connectivity index (χ0) is 29.5. The first-order valence-corrected chi connectivity index (χ1v) is 13.8. The van der Waals surface area contributed by atoms with Crippen molar-refractivity contribution >= 4 is 22.3 Å². The molecular formula is C33H32FN7. The van der Waals surface area contributed by atoms with E-state index in [9.17, 15) is 11.0 Å². The monoisotopic (exact) mass is 546 g/mol. The lowest BCUT2D eigenvalue weighted by Crippen LogP contribution is -2.20. The number of aromatic nitrogens is 4. The second-order valence-corrected chi connectivity index (χ2v) is 11.7. The predicted octanol–water partition coefficient (Wildman–Crippen LogP) is 7.50. The molecule has 1 fully saturated rings. The molecule has 2 heterocycles. The van der Waals surface area contributed by atoms with Crippen molar-refractivity contribution in [3.05, 3.63) is 102 Å². The molecule has 2 aromatic heterocycles. The molecule has 7 nitrogen and oxygen atoms in total. The van der Waals surface area contributed by atoms with E-state index in [4.69, 9.17) is 4.98 Å². The van der Waals surface area contributed by atoms with Gasteiger partial charge in [0.25, 0.3) is 0 Å². The number of nitrogens with one attached hydrogen (secondary N) is 2. The van der Waals surface area contributed by atoms with Crippen molar-refractivity contribution in [2.24, 2.45) is 5.41 Å². The number of pyridine rings is 1. The number of nitrogens with zero attached hydrogens (tertiary/aromatic N) is 5. The van der Waals surface area contributed by atoms with Crippen LogP contribution in [0.4, 0.5) is 15.8 Å². The Hall–Kier alpha value is -4.77. The third-order valence-corrected chi connectivity index (χ3v) is 7.06. The molecule has 0 radical (unpaired) electrons. The summed E-state index contributed by atoms with van der Waals surface area (Å²) >= 11 is 0. The van der Waals surface area contributed by atoms with Crippen molar-refractivity contribution in [1.82, 2.24) is 20.0 Å². The molecule has 0 bridgehead atoms. The largest absolute Gasteiger partial charge is 0.383 e. The molecule has 0 aliphatic heterocycles. The van der Waals surface area contributed by atoms with Gasteiger partial charge in [-0.25, -0.2) is 9.07 Å². The van der Waals surface area contributed by atoms with E-state index < -0.39 is 6.02 Å². The third-order valence-electron chi connectivity index (χ3n) is 7.06. The molecule has 41 heavy (non-hydrogen) atoms. The Balaban J connectivity index is 1.55. The molecule has 1 saturated carbocycles. The van der Waals surface area contributed by atoms with Gasteiger partial charge in [0.1, 0.15) is 17.6 Å². The van der Waals surface area contributed by atoms with Crippen LogP contribution in [0.15, 0.2) is 79.1 Å². The highest BCUT2D eigenvalue weighted by molar-refractivity contribution is 6.04. The Morgan fingerprint density at radius 3 is 2.56 bits per heavy atom. The molecule has 2 N–H and O–H groups in total. The molecule has 0 amide bonds. The van der Waals surface area contributed by atoms with Crippen molar-refractivity contribution in [2.75, 3.05) is 17.2 Å². The van der Waals surface area contributed by atoms with Crippen molar-refractivity contribution in [3.8, 4) is 17.2 Å². The molecule has 6 rings (SSSR count). The highest BCUT2D eigenvalue weighted by Gasteiger charge is 2.27. The maximum absolute atomic E-state index is 14.0. The molecular weight excluding hydrogens is 513 g/mol. The molecule has 3 aromatic carbocycles. The summed E-state index contributed by atoms with van der Waals surface area (Å²) in [6.07, 6.45) is 5.46. The number of rotatable bonds is 8. The van der Waals surface area contributed by atoms with Gasteiger partial charge in [0, 0.05) is 29.4 Å². The normalized spacial score (nSPS) is 15.1. The summed E-state index contributed by atoms with van der Waals surface area (Å²) in [5.41, 5.74) is 5.16. The Kier molecular flexibility index (Phi) is 6.56. The summed E-state index contributed by atoms with van der Waals surface area (Å²) in [6, 6.07) is 20.7. The van der Waals surface area contributed by atoms with Gasteiger partial charge in [0.2, 0.25) is 0 Å². The van der Waals surface area contributed by atoms with E-state index in [1.54, 1.807) is 29.2 Å². The molecule has 1 aliphatic rings. The van der Waals surface area contributed by atoms with Gasteiger partial charge in [-0.3, -0.25) is 4.98 Å². The second kappa shape index (κ2) is 10.7. The van der Waals surface area contributed by atoms with Gasteiger partial charge < -0.3 is 10.6 Å². The quantitative estimate of drug-likeness (QED) is 0.209. The van der Waals surface area contributed by atoms with Crippen LogP contribution in [0, 0.1) is 22.6 Å². The summed E-state index contributed by atoms with van der Waals surface area (Å²) in [6.45, 7) is 7.03. The van der Waals surface area contributed by atoms with Gasteiger partial charge in [-0.1, -0.05) is 68.4 Å². The maximum atomic E-state index is 14.0. The molecule has 206 valence electrons. The summed E-state index contributed by atoms with van der Waals surface area (Å²) in [4.78, 5) is 4.72. The van der Waals surface area contributed by atoms with E-state index in [0.29, 0.717) is 40.8 Å². The zero-order valence-electron chi connectivity index (χ0n) is 24.3. The van der Waals surface area contributed by atoms with Crippen LogP contribution in [-0.4, -0.2) is 26.5 Å². The predicted molar refractivity (Wildman–Crippen MR) is 160 cm³/mol. The van der Waals surface area contributed by atoms with Crippen LogP contribution in [0.25, 0.3) is 22.0 Å². The molecule has 0 saturated heterocycles. The average Bonchev–Trinajstić information content (AvgIpc) is 3.71. The van der Waals surface area contributed by atoms with E-state index in [1.807, 2.05) is 42.5 Å². The summed E-state index contributed by atoms with van der Waals surface area (Å²) in [7, 11) is 0. The van der Waals surface area contributed by atoms with Gasteiger partial charge in [-0.05, 0) is 53.6 Å². The van der Waals surface area contributed by atoms with Crippen LogP contribution in [0.3, 0.4) is 0 Å². The van der Waals surface area contributed by atoms with E-state index in [-0.39, 0.29) is 11.2 Å². The van der Waals surface area contributed by atoms with Crippen LogP contribution in [0.5, 0.6) is 0 Å². The number of hydrogen-bond donors (Lipinski definition) is 2. The first-order chi connectivity index (χ1) is 20.1. The number of benzene rings is 3. The Morgan fingerprint density at radius 2 is 1.88 bits per heavy atom. The Labute approximate surface area is 240 Å². The van der Waals surface area contributed by atoms with Gasteiger partial charge in [-0.15, -0.1) is 5.10 Å². The fourth-order valence-corrected chi connectivity index (χ4v) is 4.80. The maximum Gasteiger partial charge on any atom is 0.123 e. The molecule has 1 atom stereocenters. The summed E-state index contributed by atoms with van der Waals surface area (Å²) in [5, 5.41) is 26.4. The first-order valence-electron chi connectivity index (χ1n) is 14.3. The Morgan fingerprint density at radius 1 is 1.12 bits per heavy atom. The van der Waals surface area contributed by atoms with Crippen molar-refractivity contribution in [2.45, 2.75) is 45.7 Å². The molecule has 0 unspecified atom stereocenters. The van der Waals surface area contributed by atoms with Gasteiger partial charge in [0.15, 0.2) is 0 Å². The van der Waals surface area contributed by atoms with Crippen LogP contribution in [0.1, 0.15) is 63.9 Å². The average molecular weight is 547 g/mol. The minimum absolute atomic E-state index is 0.0350. The van der Waals surface area contributed by atoms with Crippen LogP contribution in [0.2, 0.25) is 0 Å². The number of anilines is 2. The highest BCUT2D eigenvalue weighted by Crippen LogP contribution is 2.39. The lowest BCUT2D eigenvalue weighted by molar-refractivity contribution is 0.443. The molecule has 5 aromatic rings. The molecule has 0 spiro atoms. The van der Waals surface area contributed by atoms with E-state index in [0.717, 1.165) is 34.9 Å². The molecule has 8 heteroatoms. The summed E-state index contributed by atoms with van der Waals surface area (Å²) in [5.74, 6) is -0.385. The van der Waals surface area contributed by atoms with Crippen molar-refractivity contribution in [3.63, 3.8) is 0 Å². The number of hydrogen-bond acceptors (Lipinski definition) is 6. The third kappa shape index (κ3) is 5.75. The summed E-state index contributed by atoms with van der Waals surface area (Å²) < 4.78 is 25.5. The van der Waals surface area contributed by atoms with Crippen LogP contribution < -0.4 is 10.6 Å². The van der Waals surface area contributed by atoms with Crippen LogP contribution in [-0.2, 0) is 0 Å². The van der Waals surface area contributed by atoms with Crippen molar-refractivity contribution < 1.29 is 5.76 Å². The smallest absolute Gasteiger partial charge is 0.123 e. The fourth-order valence-electron chi connectivity index (χ4n) is 4.80. The lowest BCUT2D eigenvalue weighted by atomic mass is 9.95. The number of nitriles is 1. The second-order valence-electron chi connectivity index (χ2n) is 11.7. The lowest BCUT2D eigenvalue weighted by Gasteiger charge is -2.23. The fraction of sp³-hybridized carbons (Fsp3) is 0.273.